The second kappa shape index (κ2) is 6.31. The van der Waals surface area contributed by atoms with Gasteiger partial charge in [-0.1, -0.05) is 18.2 Å². The van der Waals surface area contributed by atoms with E-state index in [1.807, 2.05) is 0 Å². The molecule has 1 aliphatic rings. The number of esters is 1. The Morgan fingerprint density at radius 2 is 1.96 bits per heavy atom. The summed E-state index contributed by atoms with van der Waals surface area (Å²) in [5, 5.41) is 23.8. The molecule has 0 bridgehead atoms. The fourth-order valence-electron chi connectivity index (χ4n) is 3.06. The first-order chi connectivity index (χ1) is 11.2. The van der Waals surface area contributed by atoms with E-state index >= 15 is 0 Å². The van der Waals surface area contributed by atoms with E-state index in [1.165, 1.54) is 31.5 Å². The highest BCUT2D eigenvalue weighted by atomic mass is 16.6. The van der Waals surface area contributed by atoms with Crippen LogP contribution in [0.4, 0.5) is 5.69 Å². The van der Waals surface area contributed by atoms with Gasteiger partial charge in [-0.05, 0) is 13.8 Å². The summed E-state index contributed by atoms with van der Waals surface area (Å²) in [6.45, 7) is 3.43. The Labute approximate surface area is 138 Å². The third-order valence-electron chi connectivity index (χ3n) is 4.22. The average molecular weight is 334 g/mol. The lowest BCUT2D eigenvalue weighted by atomic mass is 9.69. The third kappa shape index (κ3) is 2.94. The molecule has 0 amide bonds. The second-order valence-electron chi connectivity index (χ2n) is 6.07. The van der Waals surface area contributed by atoms with Crippen LogP contribution in [-0.4, -0.2) is 34.6 Å². The Kier molecular flexibility index (Phi) is 4.59. The number of nitro groups is 1. The van der Waals surface area contributed by atoms with E-state index in [-0.39, 0.29) is 16.8 Å². The molecule has 0 aromatic heterocycles. The zero-order valence-corrected chi connectivity index (χ0v) is 13.5. The molecule has 0 spiro atoms. The number of carbonyl (C=O) groups is 2. The van der Waals surface area contributed by atoms with E-state index in [0.717, 1.165) is 0 Å². The van der Waals surface area contributed by atoms with Crippen molar-refractivity contribution in [2.24, 2.45) is 5.92 Å². The van der Waals surface area contributed by atoms with Crippen molar-refractivity contribution < 1.29 is 24.4 Å². The molecule has 0 fully saturated rings. The summed E-state index contributed by atoms with van der Waals surface area (Å²) >= 11 is 0. The van der Waals surface area contributed by atoms with Crippen LogP contribution >= 0.6 is 0 Å². The lowest BCUT2D eigenvalue weighted by Gasteiger charge is -2.41. The molecular weight excluding hydrogens is 316 g/mol. The van der Waals surface area contributed by atoms with Gasteiger partial charge in [-0.3, -0.25) is 14.9 Å². The number of ether oxygens (including phenoxy) is 1. The normalized spacial score (nSPS) is 22.0. The van der Waals surface area contributed by atoms with Gasteiger partial charge >= 0.3 is 11.9 Å². The molecule has 128 valence electrons. The third-order valence-corrected chi connectivity index (χ3v) is 4.22. The maximum atomic E-state index is 12.4. The van der Waals surface area contributed by atoms with Crippen LogP contribution in [0.2, 0.25) is 0 Å². The molecule has 0 aliphatic carbocycles. The zero-order chi connectivity index (χ0) is 18.1. The molecule has 2 atom stereocenters. The van der Waals surface area contributed by atoms with Gasteiger partial charge in [0.05, 0.1) is 23.5 Å². The molecule has 0 saturated carbocycles. The second-order valence-corrected chi connectivity index (χ2v) is 6.07. The number of carboxylic acid groups (broad SMARTS) is 1. The van der Waals surface area contributed by atoms with Crippen molar-refractivity contribution in [1.82, 2.24) is 5.32 Å². The van der Waals surface area contributed by atoms with Crippen molar-refractivity contribution in [2.45, 2.75) is 25.3 Å². The van der Waals surface area contributed by atoms with Crippen LogP contribution in [0.3, 0.4) is 0 Å². The minimum Gasteiger partial charge on any atom is -0.478 e. The highest BCUT2D eigenvalue weighted by molar-refractivity contribution is 5.91. The molecule has 0 saturated heterocycles. The molecule has 2 rings (SSSR count). The van der Waals surface area contributed by atoms with Crippen molar-refractivity contribution >= 4 is 17.6 Å². The van der Waals surface area contributed by atoms with Crippen molar-refractivity contribution in [2.75, 3.05) is 7.11 Å². The fourth-order valence-corrected chi connectivity index (χ4v) is 3.06. The maximum absolute atomic E-state index is 12.4. The molecule has 2 N–H and O–H groups in total. The molecule has 1 aliphatic heterocycles. The van der Waals surface area contributed by atoms with Crippen LogP contribution < -0.4 is 5.32 Å². The predicted octanol–water partition coefficient (Wildman–Crippen LogP) is 1.82. The number of hydrogen-bond donors (Lipinski definition) is 2. The molecule has 8 nitrogen and oxygen atoms in total. The van der Waals surface area contributed by atoms with Crippen molar-refractivity contribution in [3.63, 3.8) is 0 Å². The maximum Gasteiger partial charge on any atom is 0.333 e. The average Bonchev–Trinajstić information content (AvgIpc) is 2.52. The number of aliphatic carboxylic acids is 1. The number of nitrogens with one attached hydrogen (secondary N) is 1. The van der Waals surface area contributed by atoms with E-state index in [9.17, 15) is 24.8 Å². The van der Waals surface area contributed by atoms with E-state index in [0.29, 0.717) is 0 Å². The molecule has 1 aromatic carbocycles. The van der Waals surface area contributed by atoms with Gasteiger partial charge in [-0.2, -0.15) is 0 Å². The Balaban J connectivity index is 2.74. The number of rotatable bonds is 4. The van der Waals surface area contributed by atoms with Gasteiger partial charge in [-0.15, -0.1) is 0 Å². The van der Waals surface area contributed by atoms with Crippen molar-refractivity contribution in [1.29, 1.82) is 0 Å². The molecule has 1 aromatic rings. The first-order valence-corrected chi connectivity index (χ1v) is 7.23. The summed E-state index contributed by atoms with van der Waals surface area (Å²) in [5.74, 6) is -3.84. The molecule has 8 heteroatoms. The van der Waals surface area contributed by atoms with Gasteiger partial charge in [0.15, 0.2) is 0 Å². The minimum absolute atomic E-state index is 0.126. The Morgan fingerprint density at radius 1 is 1.33 bits per heavy atom. The van der Waals surface area contributed by atoms with Gasteiger partial charge in [-0.25, -0.2) is 4.79 Å². The number of nitro benzene ring substituents is 1. The van der Waals surface area contributed by atoms with Crippen molar-refractivity contribution in [3.8, 4) is 0 Å². The van der Waals surface area contributed by atoms with Crippen LogP contribution in [0.25, 0.3) is 0 Å². The SMILES string of the molecule is COC(=O)C1C(c2ccccc2[N+](=O)[O-])C(C(=O)O)=CNC1(C)C. The lowest BCUT2D eigenvalue weighted by molar-refractivity contribution is -0.385. The van der Waals surface area contributed by atoms with E-state index < -0.39 is 34.2 Å². The quantitative estimate of drug-likeness (QED) is 0.489. The topological polar surface area (TPSA) is 119 Å². The summed E-state index contributed by atoms with van der Waals surface area (Å²) in [5.41, 5.74) is -1.04. The molecule has 24 heavy (non-hydrogen) atoms. The van der Waals surface area contributed by atoms with Gasteiger partial charge in [0, 0.05) is 29.3 Å². The number of para-hydroxylation sites is 1. The summed E-state index contributed by atoms with van der Waals surface area (Å²) in [7, 11) is 1.20. The van der Waals surface area contributed by atoms with Gasteiger partial charge in [0.1, 0.15) is 0 Å². The van der Waals surface area contributed by atoms with Crippen LogP contribution in [0.15, 0.2) is 36.0 Å². The van der Waals surface area contributed by atoms with E-state index in [1.54, 1.807) is 19.9 Å². The van der Waals surface area contributed by atoms with E-state index in [4.69, 9.17) is 4.74 Å². The fraction of sp³-hybridized carbons (Fsp3) is 0.375. The smallest absolute Gasteiger partial charge is 0.333 e. The van der Waals surface area contributed by atoms with Crippen molar-refractivity contribution in [3.05, 3.63) is 51.7 Å². The number of hydrogen-bond acceptors (Lipinski definition) is 6. The minimum atomic E-state index is -1.25. The Bertz CT molecular complexity index is 725. The number of nitrogens with zero attached hydrogens (tertiary/aromatic N) is 1. The van der Waals surface area contributed by atoms with Crippen LogP contribution in [-0.2, 0) is 14.3 Å². The number of carboxylic acids is 1. The van der Waals surface area contributed by atoms with E-state index in [2.05, 4.69) is 5.32 Å². The Hall–Kier alpha value is -2.90. The molecule has 2 unspecified atom stereocenters. The number of methoxy groups -OCH3 is 1. The summed E-state index contributed by atoms with van der Waals surface area (Å²) in [6, 6.07) is 5.82. The predicted molar refractivity (Wildman–Crippen MR) is 84.3 cm³/mol. The van der Waals surface area contributed by atoms with Gasteiger partial charge in [0.2, 0.25) is 0 Å². The summed E-state index contributed by atoms with van der Waals surface area (Å²) < 4.78 is 4.84. The highest BCUT2D eigenvalue weighted by Gasteiger charge is 2.49. The monoisotopic (exact) mass is 334 g/mol. The number of carbonyl (C=O) groups excluding carboxylic acids is 1. The van der Waals surface area contributed by atoms with Crippen LogP contribution in [0.1, 0.15) is 25.3 Å². The van der Waals surface area contributed by atoms with Crippen LogP contribution in [0.5, 0.6) is 0 Å². The molecule has 0 radical (unpaired) electrons. The summed E-state index contributed by atoms with van der Waals surface area (Å²) in [4.78, 5) is 34.8. The first-order valence-electron chi connectivity index (χ1n) is 7.23. The first kappa shape index (κ1) is 17.5. The highest BCUT2D eigenvalue weighted by Crippen LogP contribution is 2.44. The van der Waals surface area contributed by atoms with Crippen LogP contribution in [0, 0.1) is 16.0 Å². The standard InChI is InChI=1S/C16H18N2O6/c1-16(2)13(15(21)24-3)12(10(8-17-16)14(19)20)9-6-4-5-7-11(9)18(22)23/h4-8,12-13,17H,1-3H3,(H,19,20). The largest absolute Gasteiger partial charge is 0.478 e. The van der Waals surface area contributed by atoms with Gasteiger partial charge in [0.25, 0.3) is 5.69 Å². The Morgan fingerprint density at radius 3 is 2.50 bits per heavy atom. The summed E-state index contributed by atoms with van der Waals surface area (Å²) in [6.07, 6.45) is 1.29. The lowest BCUT2D eigenvalue weighted by Crippen LogP contribution is -2.54. The molecular formula is C16H18N2O6. The molecule has 1 heterocycles. The van der Waals surface area contributed by atoms with Gasteiger partial charge < -0.3 is 15.2 Å². The zero-order valence-electron chi connectivity index (χ0n) is 13.5. The number of benzene rings is 1.